The van der Waals surface area contributed by atoms with E-state index in [9.17, 15) is 9.90 Å². The van der Waals surface area contributed by atoms with E-state index in [1.54, 1.807) is 4.90 Å². The molecule has 0 radical (unpaired) electrons. The normalized spacial score (nSPS) is 20.5. The quantitative estimate of drug-likeness (QED) is 0.697. The van der Waals surface area contributed by atoms with Gasteiger partial charge in [0.25, 0.3) is 5.91 Å². The van der Waals surface area contributed by atoms with Crippen LogP contribution in [0.3, 0.4) is 0 Å². The predicted octanol–water partition coefficient (Wildman–Crippen LogP) is 1.02. The third-order valence-corrected chi connectivity index (χ3v) is 2.55. The fourth-order valence-corrected chi connectivity index (χ4v) is 1.59. The number of nitrogens with zero attached hydrogens (tertiary/aromatic N) is 1. The Balaban J connectivity index is 2.45. The Hall–Kier alpha value is -0.570. The standard InChI is InChI=1S/C10H19NO2/c1-8(2)9(12)10(13)11-6-4-3-5-7-11/h8-9,12H,3-7H2,1-2H3. The zero-order valence-corrected chi connectivity index (χ0v) is 8.49. The summed E-state index contributed by atoms with van der Waals surface area (Å²) >= 11 is 0. The molecule has 1 heterocycles. The molecule has 0 saturated carbocycles. The maximum atomic E-state index is 11.6. The van der Waals surface area contributed by atoms with Crippen LogP contribution in [0.5, 0.6) is 0 Å². The van der Waals surface area contributed by atoms with Gasteiger partial charge in [0.15, 0.2) is 0 Å². The molecule has 0 aromatic heterocycles. The number of carbonyl (C=O) groups is 1. The van der Waals surface area contributed by atoms with E-state index in [2.05, 4.69) is 0 Å². The zero-order valence-electron chi connectivity index (χ0n) is 8.49. The fraction of sp³-hybridized carbons (Fsp3) is 0.900. The van der Waals surface area contributed by atoms with Crippen LogP contribution in [0, 0.1) is 5.92 Å². The Morgan fingerprint density at radius 3 is 2.23 bits per heavy atom. The van der Waals surface area contributed by atoms with Gasteiger partial charge in [-0.1, -0.05) is 13.8 Å². The van der Waals surface area contributed by atoms with Gasteiger partial charge < -0.3 is 10.0 Å². The summed E-state index contributed by atoms with van der Waals surface area (Å²) < 4.78 is 0. The largest absolute Gasteiger partial charge is 0.383 e. The second kappa shape index (κ2) is 4.61. The van der Waals surface area contributed by atoms with Gasteiger partial charge in [-0.3, -0.25) is 4.79 Å². The average molecular weight is 185 g/mol. The van der Waals surface area contributed by atoms with Gasteiger partial charge >= 0.3 is 0 Å². The molecule has 0 spiro atoms. The lowest BCUT2D eigenvalue weighted by Crippen LogP contribution is -2.44. The van der Waals surface area contributed by atoms with Crippen LogP contribution >= 0.6 is 0 Å². The van der Waals surface area contributed by atoms with E-state index in [1.807, 2.05) is 13.8 Å². The summed E-state index contributed by atoms with van der Waals surface area (Å²) in [5.74, 6) is -0.0656. The molecule has 1 unspecified atom stereocenters. The summed E-state index contributed by atoms with van der Waals surface area (Å²) in [7, 11) is 0. The molecular weight excluding hydrogens is 166 g/mol. The van der Waals surface area contributed by atoms with Gasteiger partial charge in [0.2, 0.25) is 0 Å². The Bertz CT molecular complexity index is 174. The SMILES string of the molecule is CC(C)C(O)C(=O)N1CCCCC1. The van der Waals surface area contributed by atoms with Gasteiger partial charge in [-0.15, -0.1) is 0 Å². The lowest BCUT2D eigenvalue weighted by Gasteiger charge is -2.29. The number of piperidine rings is 1. The van der Waals surface area contributed by atoms with E-state index in [1.165, 1.54) is 6.42 Å². The molecule has 3 nitrogen and oxygen atoms in total. The molecular formula is C10H19NO2. The molecule has 1 saturated heterocycles. The summed E-state index contributed by atoms with van der Waals surface area (Å²) in [4.78, 5) is 13.4. The van der Waals surface area contributed by atoms with E-state index in [0.717, 1.165) is 25.9 Å². The number of likely N-dealkylation sites (tertiary alicyclic amines) is 1. The van der Waals surface area contributed by atoms with E-state index in [-0.39, 0.29) is 11.8 Å². The summed E-state index contributed by atoms with van der Waals surface area (Å²) in [5, 5.41) is 9.56. The molecule has 0 aliphatic carbocycles. The van der Waals surface area contributed by atoms with Gasteiger partial charge in [-0.2, -0.15) is 0 Å². The smallest absolute Gasteiger partial charge is 0.251 e. The number of rotatable bonds is 2. The summed E-state index contributed by atoms with van der Waals surface area (Å²) in [6, 6.07) is 0. The molecule has 1 fully saturated rings. The Morgan fingerprint density at radius 1 is 1.23 bits per heavy atom. The molecule has 0 aromatic carbocycles. The molecule has 1 atom stereocenters. The van der Waals surface area contributed by atoms with Crippen LogP contribution < -0.4 is 0 Å². The number of hydrogen-bond donors (Lipinski definition) is 1. The minimum absolute atomic E-state index is 0.0226. The molecule has 1 amide bonds. The number of amides is 1. The zero-order chi connectivity index (χ0) is 9.84. The topological polar surface area (TPSA) is 40.5 Å². The van der Waals surface area contributed by atoms with E-state index >= 15 is 0 Å². The van der Waals surface area contributed by atoms with Crippen molar-refractivity contribution >= 4 is 5.91 Å². The second-order valence-electron chi connectivity index (χ2n) is 4.07. The number of carbonyl (C=O) groups excluding carboxylic acids is 1. The molecule has 0 bridgehead atoms. The lowest BCUT2D eigenvalue weighted by atomic mass is 10.0. The molecule has 0 aromatic rings. The van der Waals surface area contributed by atoms with Crippen LogP contribution in [0.15, 0.2) is 0 Å². The van der Waals surface area contributed by atoms with Crippen molar-refractivity contribution in [1.82, 2.24) is 4.90 Å². The second-order valence-corrected chi connectivity index (χ2v) is 4.07. The van der Waals surface area contributed by atoms with Gasteiger partial charge in [0.1, 0.15) is 6.10 Å². The maximum Gasteiger partial charge on any atom is 0.251 e. The molecule has 13 heavy (non-hydrogen) atoms. The predicted molar refractivity (Wildman–Crippen MR) is 51.3 cm³/mol. The van der Waals surface area contributed by atoms with Crippen molar-refractivity contribution < 1.29 is 9.90 Å². The first-order valence-electron chi connectivity index (χ1n) is 5.10. The third kappa shape index (κ3) is 2.69. The monoisotopic (exact) mass is 185 g/mol. The van der Waals surface area contributed by atoms with Gasteiger partial charge in [0.05, 0.1) is 0 Å². The van der Waals surface area contributed by atoms with Crippen LogP contribution in [-0.4, -0.2) is 35.1 Å². The number of aliphatic hydroxyl groups excluding tert-OH is 1. The van der Waals surface area contributed by atoms with Crippen molar-refractivity contribution in [3.8, 4) is 0 Å². The van der Waals surface area contributed by atoms with Crippen molar-refractivity contribution in [1.29, 1.82) is 0 Å². The number of hydrogen-bond acceptors (Lipinski definition) is 2. The molecule has 1 rings (SSSR count). The molecule has 1 N–H and O–H groups in total. The number of aliphatic hydroxyl groups is 1. The Labute approximate surface area is 79.7 Å². The van der Waals surface area contributed by atoms with Crippen molar-refractivity contribution in [2.75, 3.05) is 13.1 Å². The van der Waals surface area contributed by atoms with Crippen molar-refractivity contribution in [2.24, 2.45) is 5.92 Å². The first-order valence-corrected chi connectivity index (χ1v) is 5.10. The van der Waals surface area contributed by atoms with Crippen LogP contribution in [-0.2, 0) is 4.79 Å². The third-order valence-electron chi connectivity index (χ3n) is 2.55. The van der Waals surface area contributed by atoms with Crippen molar-refractivity contribution in [3.05, 3.63) is 0 Å². The van der Waals surface area contributed by atoms with Crippen LogP contribution in [0.1, 0.15) is 33.1 Å². The van der Waals surface area contributed by atoms with Crippen LogP contribution in [0.2, 0.25) is 0 Å². The minimum atomic E-state index is -0.807. The highest BCUT2D eigenvalue weighted by atomic mass is 16.3. The average Bonchev–Trinajstić information content (AvgIpc) is 2.17. The van der Waals surface area contributed by atoms with Crippen molar-refractivity contribution in [3.63, 3.8) is 0 Å². The summed E-state index contributed by atoms with van der Waals surface area (Å²) in [6.45, 7) is 5.38. The van der Waals surface area contributed by atoms with Gasteiger partial charge in [-0.05, 0) is 25.2 Å². The Morgan fingerprint density at radius 2 is 1.77 bits per heavy atom. The highest BCUT2D eigenvalue weighted by molar-refractivity contribution is 5.80. The molecule has 1 aliphatic rings. The minimum Gasteiger partial charge on any atom is -0.383 e. The maximum absolute atomic E-state index is 11.6. The van der Waals surface area contributed by atoms with Crippen molar-refractivity contribution in [2.45, 2.75) is 39.2 Å². The van der Waals surface area contributed by atoms with Gasteiger partial charge in [-0.25, -0.2) is 0 Å². The highest BCUT2D eigenvalue weighted by Gasteiger charge is 2.25. The fourth-order valence-electron chi connectivity index (χ4n) is 1.59. The van der Waals surface area contributed by atoms with Crippen LogP contribution in [0.25, 0.3) is 0 Å². The highest BCUT2D eigenvalue weighted by Crippen LogP contribution is 2.12. The summed E-state index contributed by atoms with van der Waals surface area (Å²) in [6.07, 6.45) is 2.56. The lowest BCUT2D eigenvalue weighted by molar-refractivity contribution is -0.143. The Kier molecular flexibility index (Phi) is 3.72. The molecule has 76 valence electrons. The van der Waals surface area contributed by atoms with E-state index < -0.39 is 6.10 Å². The molecule has 1 aliphatic heterocycles. The summed E-state index contributed by atoms with van der Waals surface area (Å²) in [5.41, 5.74) is 0. The van der Waals surface area contributed by atoms with E-state index in [4.69, 9.17) is 0 Å². The first-order chi connectivity index (χ1) is 6.13. The first kappa shape index (κ1) is 10.5. The van der Waals surface area contributed by atoms with E-state index in [0.29, 0.717) is 0 Å². The van der Waals surface area contributed by atoms with Crippen LogP contribution in [0.4, 0.5) is 0 Å². The van der Waals surface area contributed by atoms with Gasteiger partial charge in [0, 0.05) is 13.1 Å². The molecule has 3 heteroatoms.